The number of carbonyl (C=O) groups is 1. The van der Waals surface area contributed by atoms with Crippen molar-refractivity contribution >= 4 is 43.3 Å². The third-order valence-electron chi connectivity index (χ3n) is 12.0. The molecule has 0 atom stereocenters. The summed E-state index contributed by atoms with van der Waals surface area (Å²) >= 11 is 0. The summed E-state index contributed by atoms with van der Waals surface area (Å²) in [7, 11) is -8.47. The van der Waals surface area contributed by atoms with Gasteiger partial charge in [-0.05, 0) is 74.4 Å². The van der Waals surface area contributed by atoms with Crippen molar-refractivity contribution in [3.8, 4) is 0 Å². The van der Waals surface area contributed by atoms with E-state index in [1.807, 2.05) is 18.2 Å². The number of piperidine rings is 1. The number of aliphatic carboxylic acids is 1. The van der Waals surface area contributed by atoms with E-state index in [1.54, 1.807) is 0 Å². The number of anilines is 2. The van der Waals surface area contributed by atoms with Gasteiger partial charge in [-0.3, -0.25) is 9.35 Å². The first-order valence-electron chi connectivity index (χ1n) is 19.6. The van der Waals surface area contributed by atoms with Gasteiger partial charge in [-0.15, -0.1) is 0 Å². The Morgan fingerprint density at radius 3 is 1.91 bits per heavy atom. The minimum Gasteiger partial charge on any atom is -0.748 e. The Morgan fingerprint density at radius 1 is 0.821 bits per heavy atom. The maximum atomic E-state index is 11.9. The summed E-state index contributed by atoms with van der Waals surface area (Å²) in [6, 6.07) is 14.4. The molecule has 302 valence electrons. The topological polar surface area (TPSA) is 158 Å². The van der Waals surface area contributed by atoms with Crippen molar-refractivity contribution in [2.24, 2.45) is 5.92 Å². The van der Waals surface area contributed by atoms with Gasteiger partial charge < -0.3 is 19.5 Å². The fourth-order valence-corrected chi connectivity index (χ4v) is 10.0. The molecule has 3 heterocycles. The smallest absolute Gasteiger partial charge is 0.306 e. The second kappa shape index (κ2) is 16.1. The SMILES string of the molecule is Cc1ccc2c(c1)C(C)(C)/C(=C/C=C1\CCC/C(=C\C=C3/N(CCCS(=O)(=O)[O-])c4ccccc4C3(C)C)C1=[N+]1CCC(C(=O)O)CC1)N2CCCS(=O)(=O)O. The minimum atomic E-state index is -4.36. The fraction of sp³-hybridized carbons (Fsp3) is 0.488. The Morgan fingerprint density at radius 2 is 1.36 bits per heavy atom. The van der Waals surface area contributed by atoms with Gasteiger partial charge in [0, 0.05) is 76.4 Å². The van der Waals surface area contributed by atoms with Gasteiger partial charge in [-0.1, -0.05) is 75.7 Å². The molecule has 1 aliphatic carbocycles. The van der Waals surface area contributed by atoms with E-state index < -0.39 is 32.0 Å². The summed E-state index contributed by atoms with van der Waals surface area (Å²) in [4.78, 5) is 16.3. The maximum absolute atomic E-state index is 11.9. The van der Waals surface area contributed by atoms with Gasteiger partial charge in [0.1, 0.15) is 13.1 Å². The zero-order chi connectivity index (χ0) is 40.6. The fourth-order valence-electron chi connectivity index (χ4n) is 9.07. The van der Waals surface area contributed by atoms with Crippen molar-refractivity contribution in [3.63, 3.8) is 0 Å². The molecule has 11 nitrogen and oxygen atoms in total. The number of carboxylic acid groups (broad SMARTS) is 1. The predicted octanol–water partition coefficient (Wildman–Crippen LogP) is 6.86. The van der Waals surface area contributed by atoms with E-state index in [2.05, 4.69) is 97.6 Å². The highest BCUT2D eigenvalue weighted by atomic mass is 32.2. The van der Waals surface area contributed by atoms with E-state index in [4.69, 9.17) is 0 Å². The highest BCUT2D eigenvalue weighted by Crippen LogP contribution is 2.49. The van der Waals surface area contributed by atoms with E-state index in [-0.39, 0.29) is 35.3 Å². The largest absolute Gasteiger partial charge is 0.748 e. The van der Waals surface area contributed by atoms with Gasteiger partial charge in [0.25, 0.3) is 10.1 Å². The highest BCUT2D eigenvalue weighted by Gasteiger charge is 2.41. The van der Waals surface area contributed by atoms with E-state index in [9.17, 15) is 35.8 Å². The Balaban J connectivity index is 1.43. The van der Waals surface area contributed by atoms with Crippen LogP contribution >= 0.6 is 0 Å². The first-order valence-corrected chi connectivity index (χ1v) is 22.8. The van der Waals surface area contributed by atoms with Gasteiger partial charge in [-0.2, -0.15) is 8.42 Å². The van der Waals surface area contributed by atoms with Crippen LogP contribution in [-0.4, -0.2) is 85.0 Å². The predicted molar refractivity (Wildman–Crippen MR) is 220 cm³/mol. The van der Waals surface area contributed by atoms with Gasteiger partial charge >= 0.3 is 5.97 Å². The van der Waals surface area contributed by atoms with E-state index in [0.717, 1.165) is 75.6 Å². The quantitative estimate of drug-likeness (QED) is 0.182. The van der Waals surface area contributed by atoms with Crippen LogP contribution in [0.25, 0.3) is 0 Å². The summed E-state index contributed by atoms with van der Waals surface area (Å²) in [5.74, 6) is -1.92. The number of para-hydroxylation sites is 1. The van der Waals surface area contributed by atoms with Crippen molar-refractivity contribution < 1.29 is 40.4 Å². The van der Waals surface area contributed by atoms with Gasteiger partial charge in [0.2, 0.25) is 5.71 Å². The standard InChI is InChI=1S/C43H55N3O8S2/c1-30-15-18-37-35(29-30)43(4,5)39(46(37)24-10-28-56(52,53)54)20-17-32-12-8-11-31(40(32)44-25-21-33(22-26-44)41(47)48)16-19-38-42(2,3)34-13-6-7-14-36(34)45(38)23-9-27-55(49,50)51/h6-7,13-20,29,33H,8-12,21-28H2,1-5H3,(H2-,47,48,49,50,51,52,53,54). The molecular formula is C43H55N3O8S2. The lowest BCUT2D eigenvalue weighted by molar-refractivity contribution is -0.539. The summed E-state index contributed by atoms with van der Waals surface area (Å²) in [5.41, 5.74) is 10.1. The van der Waals surface area contributed by atoms with E-state index >= 15 is 0 Å². The number of rotatable bonds is 11. The molecule has 2 fully saturated rings. The molecule has 1 saturated carbocycles. The normalized spacial score (nSPS) is 23.7. The highest BCUT2D eigenvalue weighted by molar-refractivity contribution is 7.85. The molecule has 4 aliphatic rings. The summed E-state index contributed by atoms with van der Waals surface area (Å²) in [5, 5.41) is 9.80. The van der Waals surface area contributed by atoms with Crippen LogP contribution in [-0.2, 0) is 35.9 Å². The van der Waals surface area contributed by atoms with Crippen molar-refractivity contribution in [1.29, 1.82) is 0 Å². The van der Waals surface area contributed by atoms with Crippen LogP contribution < -0.4 is 9.80 Å². The molecule has 0 spiro atoms. The monoisotopic (exact) mass is 805 g/mol. The summed E-state index contributed by atoms with van der Waals surface area (Å²) in [6.07, 6.45) is 12.8. The number of aryl methyl sites for hydroxylation is 1. The van der Waals surface area contributed by atoms with Crippen molar-refractivity contribution in [2.75, 3.05) is 47.5 Å². The third-order valence-corrected chi connectivity index (χ3v) is 13.5. The minimum absolute atomic E-state index is 0.203. The first-order chi connectivity index (χ1) is 26.3. The molecule has 6 rings (SSSR count). The number of allylic oxidation sites excluding steroid dienone is 8. The Hall–Kier alpha value is -4.04. The van der Waals surface area contributed by atoms with Gasteiger partial charge in [0.15, 0.2) is 0 Å². The molecule has 0 unspecified atom stereocenters. The van der Waals surface area contributed by atoms with Crippen LogP contribution in [0, 0.1) is 12.8 Å². The van der Waals surface area contributed by atoms with Crippen LogP contribution in [0.5, 0.6) is 0 Å². The number of fused-ring (bicyclic) bond motifs is 2. The Labute approximate surface area is 332 Å². The molecular weight excluding hydrogens is 751 g/mol. The van der Waals surface area contributed by atoms with Crippen LogP contribution in [0.2, 0.25) is 0 Å². The zero-order valence-electron chi connectivity index (χ0n) is 33.1. The molecule has 13 heteroatoms. The lowest BCUT2D eigenvalue weighted by Crippen LogP contribution is -2.36. The molecule has 0 amide bonds. The number of hydrogen-bond donors (Lipinski definition) is 2. The van der Waals surface area contributed by atoms with Crippen molar-refractivity contribution in [2.45, 2.75) is 90.4 Å². The Kier molecular flexibility index (Phi) is 11.9. The zero-order valence-corrected chi connectivity index (χ0v) is 34.8. The average Bonchev–Trinajstić information content (AvgIpc) is 3.46. The molecule has 0 aromatic heterocycles. The molecule has 0 bridgehead atoms. The van der Waals surface area contributed by atoms with Crippen LogP contribution in [0.4, 0.5) is 11.4 Å². The van der Waals surface area contributed by atoms with Crippen LogP contribution in [0.15, 0.2) is 89.3 Å². The van der Waals surface area contributed by atoms with Crippen molar-refractivity contribution in [1.82, 2.24) is 0 Å². The van der Waals surface area contributed by atoms with Crippen LogP contribution in [0.3, 0.4) is 0 Å². The average molecular weight is 806 g/mol. The van der Waals surface area contributed by atoms with Crippen LogP contribution in [0.1, 0.15) is 89.3 Å². The Bertz CT molecular complexity index is 2260. The molecule has 0 radical (unpaired) electrons. The molecule has 2 N–H and O–H groups in total. The van der Waals surface area contributed by atoms with E-state index in [0.29, 0.717) is 39.0 Å². The number of hydrogen-bond acceptors (Lipinski definition) is 8. The summed E-state index contributed by atoms with van der Waals surface area (Å²) < 4.78 is 69.8. The maximum Gasteiger partial charge on any atom is 0.306 e. The second-order valence-corrected chi connectivity index (χ2v) is 19.7. The lowest BCUT2D eigenvalue weighted by atomic mass is 9.82. The van der Waals surface area contributed by atoms with Gasteiger partial charge in [-0.25, -0.2) is 13.0 Å². The number of carboxylic acids is 1. The van der Waals surface area contributed by atoms with Gasteiger partial charge in [0.05, 0.1) is 21.8 Å². The molecule has 1 saturated heterocycles. The molecule has 2 aromatic rings. The molecule has 2 aromatic carbocycles. The number of nitrogens with zero attached hydrogens (tertiary/aromatic N) is 3. The molecule has 56 heavy (non-hydrogen) atoms. The summed E-state index contributed by atoms with van der Waals surface area (Å²) in [6.45, 7) is 12.8. The second-order valence-electron chi connectivity index (χ2n) is 16.6. The van der Waals surface area contributed by atoms with Crippen molar-refractivity contribution in [3.05, 3.63) is 106 Å². The first kappa shape index (κ1) is 41.6. The molecule has 3 aliphatic heterocycles. The third kappa shape index (κ3) is 8.91. The van der Waals surface area contributed by atoms with E-state index in [1.165, 1.54) is 0 Å². The lowest BCUT2D eigenvalue weighted by Gasteiger charge is -2.28. The number of benzene rings is 2.